The highest BCUT2D eigenvalue weighted by atomic mass is 35.5. The van der Waals surface area contributed by atoms with E-state index in [1.165, 1.54) is 0 Å². The van der Waals surface area contributed by atoms with Gasteiger partial charge < -0.3 is 10.1 Å². The van der Waals surface area contributed by atoms with E-state index in [-0.39, 0.29) is 0 Å². The van der Waals surface area contributed by atoms with Crippen LogP contribution in [0.2, 0.25) is 5.02 Å². The van der Waals surface area contributed by atoms with Crippen LogP contribution in [-0.4, -0.2) is 16.6 Å². The summed E-state index contributed by atoms with van der Waals surface area (Å²) in [4.78, 5) is 9.50. The molecule has 0 atom stereocenters. The summed E-state index contributed by atoms with van der Waals surface area (Å²) in [5.41, 5.74) is 2.90. The SMILES string of the molecule is CCOc1ccccc1CNc1nc(-c2ccc(Cl)cc2)nc2ccccc12. The Balaban J connectivity index is 1.71. The predicted molar refractivity (Wildman–Crippen MR) is 115 cm³/mol. The van der Waals surface area contributed by atoms with Crippen molar-refractivity contribution < 1.29 is 4.74 Å². The van der Waals surface area contributed by atoms with Crippen molar-refractivity contribution in [3.05, 3.63) is 83.4 Å². The summed E-state index contributed by atoms with van der Waals surface area (Å²) in [6, 6.07) is 23.6. The maximum Gasteiger partial charge on any atom is 0.162 e. The Kier molecular flexibility index (Phi) is 5.40. The van der Waals surface area contributed by atoms with E-state index < -0.39 is 0 Å². The third kappa shape index (κ3) is 3.92. The lowest BCUT2D eigenvalue weighted by Gasteiger charge is -2.13. The summed E-state index contributed by atoms with van der Waals surface area (Å²) in [6.45, 7) is 3.23. The van der Waals surface area contributed by atoms with Crippen molar-refractivity contribution in [3.63, 3.8) is 0 Å². The first kappa shape index (κ1) is 18.3. The molecule has 5 heteroatoms. The highest BCUT2D eigenvalue weighted by molar-refractivity contribution is 6.30. The molecule has 0 radical (unpaired) electrons. The number of anilines is 1. The Morgan fingerprint density at radius 2 is 1.64 bits per heavy atom. The van der Waals surface area contributed by atoms with Crippen LogP contribution < -0.4 is 10.1 Å². The van der Waals surface area contributed by atoms with Crippen molar-refractivity contribution in [2.75, 3.05) is 11.9 Å². The number of aromatic nitrogens is 2. The standard InChI is InChI=1S/C23H20ClN3O/c1-2-28-21-10-6-3-7-17(21)15-25-23-19-8-4-5-9-20(19)26-22(27-23)16-11-13-18(24)14-12-16/h3-14H,2,15H2,1H3,(H,25,26,27). The number of benzene rings is 3. The molecule has 3 aromatic carbocycles. The van der Waals surface area contributed by atoms with E-state index in [0.29, 0.717) is 24.0 Å². The molecule has 0 spiro atoms. The molecule has 0 saturated heterocycles. The third-order valence-corrected chi connectivity index (χ3v) is 4.68. The van der Waals surface area contributed by atoms with Crippen molar-refractivity contribution in [2.45, 2.75) is 13.5 Å². The molecule has 4 aromatic rings. The zero-order chi connectivity index (χ0) is 19.3. The van der Waals surface area contributed by atoms with Gasteiger partial charge in [0.15, 0.2) is 5.82 Å². The molecule has 4 nitrogen and oxygen atoms in total. The average molecular weight is 390 g/mol. The topological polar surface area (TPSA) is 47.0 Å². The van der Waals surface area contributed by atoms with Crippen LogP contribution >= 0.6 is 11.6 Å². The first-order chi connectivity index (χ1) is 13.7. The summed E-state index contributed by atoms with van der Waals surface area (Å²) >= 11 is 6.02. The van der Waals surface area contributed by atoms with E-state index >= 15 is 0 Å². The first-order valence-corrected chi connectivity index (χ1v) is 9.59. The van der Waals surface area contributed by atoms with E-state index in [4.69, 9.17) is 26.3 Å². The highest BCUT2D eigenvalue weighted by Gasteiger charge is 2.10. The third-order valence-electron chi connectivity index (χ3n) is 4.42. The van der Waals surface area contributed by atoms with Gasteiger partial charge in [0.1, 0.15) is 11.6 Å². The monoisotopic (exact) mass is 389 g/mol. The molecule has 0 amide bonds. The Morgan fingerprint density at radius 3 is 2.46 bits per heavy atom. The van der Waals surface area contributed by atoms with Gasteiger partial charge in [0, 0.05) is 28.1 Å². The van der Waals surface area contributed by atoms with Crippen molar-refractivity contribution in [1.82, 2.24) is 9.97 Å². The van der Waals surface area contributed by atoms with Crippen molar-refractivity contribution in [1.29, 1.82) is 0 Å². The largest absolute Gasteiger partial charge is 0.494 e. The molecule has 0 bridgehead atoms. The summed E-state index contributed by atoms with van der Waals surface area (Å²) in [5, 5.41) is 5.14. The Bertz CT molecular complexity index is 1100. The lowest BCUT2D eigenvalue weighted by Crippen LogP contribution is -2.06. The minimum atomic E-state index is 0.608. The zero-order valence-corrected chi connectivity index (χ0v) is 16.3. The van der Waals surface area contributed by atoms with Crippen LogP contribution in [-0.2, 0) is 6.54 Å². The fourth-order valence-corrected chi connectivity index (χ4v) is 3.19. The number of halogens is 1. The smallest absolute Gasteiger partial charge is 0.162 e. The van der Waals surface area contributed by atoms with Crippen LogP contribution in [0.1, 0.15) is 12.5 Å². The zero-order valence-electron chi connectivity index (χ0n) is 15.5. The average Bonchev–Trinajstić information content (AvgIpc) is 2.73. The molecule has 0 aliphatic heterocycles. The Hall–Kier alpha value is -3.11. The van der Waals surface area contributed by atoms with E-state index in [2.05, 4.69) is 11.4 Å². The molecule has 0 aliphatic rings. The lowest BCUT2D eigenvalue weighted by atomic mass is 10.1. The molecular formula is C23H20ClN3O. The number of hydrogen-bond acceptors (Lipinski definition) is 4. The second-order valence-electron chi connectivity index (χ2n) is 6.31. The molecular weight excluding hydrogens is 370 g/mol. The van der Waals surface area contributed by atoms with Crippen LogP contribution in [0, 0.1) is 0 Å². The molecule has 140 valence electrons. The van der Waals surface area contributed by atoms with Gasteiger partial charge in [0.25, 0.3) is 0 Å². The number of hydrogen-bond donors (Lipinski definition) is 1. The number of nitrogens with zero attached hydrogens (tertiary/aromatic N) is 2. The fourth-order valence-electron chi connectivity index (χ4n) is 3.06. The van der Waals surface area contributed by atoms with Gasteiger partial charge in [-0.05, 0) is 49.4 Å². The summed E-state index contributed by atoms with van der Waals surface area (Å²) in [7, 11) is 0. The van der Waals surface area contributed by atoms with E-state index in [1.807, 2.05) is 73.7 Å². The maximum atomic E-state index is 6.02. The van der Waals surface area contributed by atoms with Crippen LogP contribution in [0.4, 0.5) is 5.82 Å². The molecule has 4 rings (SSSR count). The van der Waals surface area contributed by atoms with E-state index in [9.17, 15) is 0 Å². The molecule has 0 saturated carbocycles. The highest BCUT2D eigenvalue weighted by Crippen LogP contribution is 2.27. The minimum Gasteiger partial charge on any atom is -0.494 e. The van der Waals surface area contributed by atoms with Gasteiger partial charge in [-0.3, -0.25) is 0 Å². The van der Waals surface area contributed by atoms with Gasteiger partial charge in [-0.2, -0.15) is 0 Å². The molecule has 28 heavy (non-hydrogen) atoms. The fraction of sp³-hybridized carbons (Fsp3) is 0.130. The van der Waals surface area contributed by atoms with Gasteiger partial charge >= 0.3 is 0 Å². The first-order valence-electron chi connectivity index (χ1n) is 9.22. The molecule has 0 unspecified atom stereocenters. The number of nitrogens with one attached hydrogen (secondary N) is 1. The molecule has 1 heterocycles. The van der Waals surface area contributed by atoms with Crippen LogP contribution in [0.15, 0.2) is 72.8 Å². The summed E-state index contributed by atoms with van der Waals surface area (Å²) in [6.07, 6.45) is 0. The van der Waals surface area contributed by atoms with Gasteiger partial charge in [-0.1, -0.05) is 41.9 Å². The predicted octanol–water partition coefficient (Wildman–Crippen LogP) is 5.96. The van der Waals surface area contributed by atoms with Crippen molar-refractivity contribution in [2.24, 2.45) is 0 Å². The van der Waals surface area contributed by atoms with Gasteiger partial charge in [0.2, 0.25) is 0 Å². The number of para-hydroxylation sites is 2. The quantitative estimate of drug-likeness (QED) is 0.442. The number of ether oxygens (including phenoxy) is 1. The van der Waals surface area contributed by atoms with Gasteiger partial charge in [-0.25, -0.2) is 9.97 Å². The summed E-state index contributed by atoms with van der Waals surface area (Å²) < 4.78 is 5.73. The number of fused-ring (bicyclic) bond motifs is 1. The van der Waals surface area contributed by atoms with Crippen LogP contribution in [0.25, 0.3) is 22.3 Å². The van der Waals surface area contributed by atoms with Crippen LogP contribution in [0.3, 0.4) is 0 Å². The maximum absolute atomic E-state index is 6.02. The second kappa shape index (κ2) is 8.28. The number of rotatable bonds is 6. The normalized spacial score (nSPS) is 10.8. The second-order valence-corrected chi connectivity index (χ2v) is 6.75. The van der Waals surface area contributed by atoms with Crippen LogP contribution in [0.5, 0.6) is 5.75 Å². The lowest BCUT2D eigenvalue weighted by molar-refractivity contribution is 0.337. The Morgan fingerprint density at radius 1 is 0.893 bits per heavy atom. The molecule has 0 aliphatic carbocycles. The van der Waals surface area contributed by atoms with Crippen molar-refractivity contribution in [3.8, 4) is 17.1 Å². The summed E-state index contributed by atoms with van der Waals surface area (Å²) in [5.74, 6) is 2.34. The minimum absolute atomic E-state index is 0.608. The molecule has 1 aromatic heterocycles. The van der Waals surface area contributed by atoms with Crippen molar-refractivity contribution >= 4 is 28.3 Å². The molecule has 0 fully saturated rings. The van der Waals surface area contributed by atoms with E-state index in [1.54, 1.807) is 0 Å². The van der Waals surface area contributed by atoms with E-state index in [0.717, 1.165) is 33.6 Å². The van der Waals surface area contributed by atoms with Gasteiger partial charge in [-0.15, -0.1) is 0 Å². The Labute approximate surface area is 169 Å². The van der Waals surface area contributed by atoms with Gasteiger partial charge in [0.05, 0.1) is 12.1 Å². The molecule has 1 N–H and O–H groups in total.